The second-order valence-corrected chi connectivity index (χ2v) is 7.69. The van der Waals surface area contributed by atoms with Gasteiger partial charge in [0.05, 0.1) is 5.57 Å². The number of allylic oxidation sites excluding steroid dienone is 3. The van der Waals surface area contributed by atoms with Crippen molar-refractivity contribution in [2.24, 2.45) is 4.99 Å². The molecule has 166 valence electrons. The van der Waals surface area contributed by atoms with Crippen LogP contribution in [0, 0.1) is 5.82 Å². The van der Waals surface area contributed by atoms with E-state index in [2.05, 4.69) is 23.8 Å². The number of amides is 2. The number of benzene rings is 1. The highest BCUT2D eigenvalue weighted by Gasteiger charge is 2.25. The summed E-state index contributed by atoms with van der Waals surface area (Å²) in [5.74, 6) is -0.571. The third-order valence-electron chi connectivity index (χ3n) is 5.24. The summed E-state index contributed by atoms with van der Waals surface area (Å²) in [6.07, 6.45) is 7.86. The van der Waals surface area contributed by atoms with Gasteiger partial charge in [-0.1, -0.05) is 37.6 Å². The maximum atomic E-state index is 14.9. The largest absolute Gasteiger partial charge is 0.348 e. The number of unbranched alkanes of at least 4 members (excludes halogenated alkanes) is 1. The van der Waals surface area contributed by atoms with Gasteiger partial charge in [-0.25, -0.2) is 4.39 Å². The monoisotopic (exact) mass is 425 g/mol. The summed E-state index contributed by atoms with van der Waals surface area (Å²) >= 11 is 0. The van der Waals surface area contributed by atoms with E-state index in [1.54, 1.807) is 37.1 Å². The molecule has 0 bridgehead atoms. The van der Waals surface area contributed by atoms with Gasteiger partial charge in [-0.05, 0) is 50.0 Å². The van der Waals surface area contributed by atoms with Gasteiger partial charge >= 0.3 is 0 Å². The Balaban J connectivity index is 2.16. The number of carbonyl (C=O) groups is 2. The van der Waals surface area contributed by atoms with Crippen LogP contribution in [0.1, 0.15) is 51.2 Å². The Morgan fingerprint density at radius 1 is 1.35 bits per heavy atom. The van der Waals surface area contributed by atoms with Crippen LogP contribution in [0.3, 0.4) is 0 Å². The SMILES string of the molecule is C=C(C=C(C)CNC(=O)C(C=NC)=CC)c1cc2c(cc1F)N(CCCC)C(=O)CC2. The molecule has 0 fully saturated rings. The van der Waals surface area contributed by atoms with Crippen molar-refractivity contribution in [3.8, 4) is 0 Å². The maximum Gasteiger partial charge on any atom is 0.252 e. The molecule has 0 radical (unpaired) electrons. The van der Waals surface area contributed by atoms with E-state index in [0.29, 0.717) is 48.3 Å². The Hall–Kier alpha value is -3.02. The summed E-state index contributed by atoms with van der Waals surface area (Å²) in [4.78, 5) is 30.0. The fraction of sp³-hybridized carbons (Fsp3) is 0.400. The number of aryl methyl sites for hydroxylation is 1. The van der Waals surface area contributed by atoms with Crippen LogP contribution >= 0.6 is 0 Å². The van der Waals surface area contributed by atoms with Crippen LogP contribution in [0.4, 0.5) is 10.1 Å². The van der Waals surface area contributed by atoms with Crippen molar-refractivity contribution in [1.82, 2.24) is 5.32 Å². The smallest absolute Gasteiger partial charge is 0.252 e. The quantitative estimate of drug-likeness (QED) is 0.356. The van der Waals surface area contributed by atoms with Crippen LogP contribution in [-0.4, -0.2) is 38.2 Å². The molecule has 1 heterocycles. The highest BCUT2D eigenvalue weighted by molar-refractivity contribution is 6.12. The first kappa shape index (κ1) is 24.3. The molecule has 0 saturated carbocycles. The number of carbonyl (C=O) groups excluding carboxylic acids is 2. The van der Waals surface area contributed by atoms with Crippen molar-refractivity contribution in [3.63, 3.8) is 0 Å². The number of hydrogen-bond acceptors (Lipinski definition) is 3. The lowest BCUT2D eigenvalue weighted by Gasteiger charge is -2.30. The second kappa shape index (κ2) is 11.4. The van der Waals surface area contributed by atoms with E-state index in [1.807, 2.05) is 6.92 Å². The van der Waals surface area contributed by atoms with Crippen LogP contribution in [0.25, 0.3) is 5.57 Å². The van der Waals surface area contributed by atoms with Crippen molar-refractivity contribution in [1.29, 1.82) is 0 Å². The molecule has 2 rings (SSSR count). The van der Waals surface area contributed by atoms with Crippen molar-refractivity contribution in [2.75, 3.05) is 25.0 Å². The van der Waals surface area contributed by atoms with Crippen LogP contribution in [0.2, 0.25) is 0 Å². The molecule has 2 amide bonds. The molecular weight excluding hydrogens is 393 g/mol. The standard InChI is InChI=1S/C25H32FN3O2/c1-6-8-11-29-23-14-22(26)21(13-20(23)9-10-24(29)30)18(4)12-17(3)15-28-25(31)19(7-2)16-27-5/h7,12-14,16H,4,6,8-11,15H2,1-3,5H3,(H,28,31). The van der Waals surface area contributed by atoms with Crippen molar-refractivity contribution >= 4 is 29.3 Å². The zero-order valence-corrected chi connectivity index (χ0v) is 18.9. The highest BCUT2D eigenvalue weighted by Crippen LogP contribution is 2.33. The predicted octanol–water partition coefficient (Wildman–Crippen LogP) is 4.63. The number of anilines is 1. The highest BCUT2D eigenvalue weighted by atomic mass is 19.1. The minimum absolute atomic E-state index is 0.0482. The molecule has 1 N–H and O–H groups in total. The van der Waals surface area contributed by atoms with Gasteiger partial charge in [0.25, 0.3) is 5.91 Å². The number of nitrogens with one attached hydrogen (secondary N) is 1. The first-order valence-corrected chi connectivity index (χ1v) is 10.7. The molecule has 1 aliphatic heterocycles. The van der Waals surface area contributed by atoms with E-state index < -0.39 is 5.82 Å². The minimum atomic E-state index is -0.400. The Morgan fingerprint density at radius 2 is 2.10 bits per heavy atom. The van der Waals surface area contributed by atoms with Gasteiger partial charge < -0.3 is 10.2 Å². The molecule has 1 aromatic rings. The third-order valence-corrected chi connectivity index (χ3v) is 5.24. The molecule has 0 saturated heterocycles. The van der Waals surface area contributed by atoms with E-state index in [-0.39, 0.29) is 11.8 Å². The van der Waals surface area contributed by atoms with Gasteiger partial charge in [-0.2, -0.15) is 0 Å². The Labute approximate surface area is 184 Å². The van der Waals surface area contributed by atoms with Gasteiger partial charge in [0, 0.05) is 44.0 Å². The Bertz CT molecular complexity index is 944. The van der Waals surface area contributed by atoms with Gasteiger partial charge in [0.15, 0.2) is 0 Å². The van der Waals surface area contributed by atoms with Crippen molar-refractivity contribution < 1.29 is 14.0 Å². The van der Waals surface area contributed by atoms with Crippen LogP contribution < -0.4 is 10.2 Å². The molecule has 0 atom stereocenters. The predicted molar refractivity (Wildman–Crippen MR) is 126 cm³/mol. The van der Waals surface area contributed by atoms with E-state index in [1.165, 1.54) is 12.3 Å². The van der Waals surface area contributed by atoms with Crippen molar-refractivity contribution in [2.45, 2.75) is 46.5 Å². The van der Waals surface area contributed by atoms with Gasteiger partial charge in [0.2, 0.25) is 5.91 Å². The van der Waals surface area contributed by atoms with Crippen LogP contribution in [0.15, 0.2) is 47.0 Å². The third kappa shape index (κ3) is 6.23. The first-order chi connectivity index (χ1) is 14.8. The molecule has 1 aliphatic rings. The lowest BCUT2D eigenvalue weighted by molar-refractivity contribution is -0.119. The molecule has 0 spiro atoms. The van der Waals surface area contributed by atoms with Gasteiger partial charge in [-0.15, -0.1) is 0 Å². The van der Waals surface area contributed by atoms with Gasteiger partial charge in [0.1, 0.15) is 5.82 Å². The van der Waals surface area contributed by atoms with E-state index >= 15 is 0 Å². The zero-order valence-electron chi connectivity index (χ0n) is 18.9. The van der Waals surface area contributed by atoms with Crippen LogP contribution in [0.5, 0.6) is 0 Å². The molecule has 1 aromatic carbocycles. The number of rotatable bonds is 9. The summed E-state index contributed by atoms with van der Waals surface area (Å²) in [6, 6.07) is 3.26. The number of aliphatic imine (C=N–C) groups is 1. The maximum absolute atomic E-state index is 14.9. The van der Waals surface area contributed by atoms with E-state index in [9.17, 15) is 14.0 Å². The molecule has 5 nitrogen and oxygen atoms in total. The Morgan fingerprint density at radius 3 is 2.74 bits per heavy atom. The van der Waals surface area contributed by atoms with E-state index in [4.69, 9.17) is 0 Å². The number of nitrogens with zero attached hydrogens (tertiary/aromatic N) is 2. The topological polar surface area (TPSA) is 61.8 Å². The molecule has 6 heteroatoms. The normalized spacial score (nSPS) is 14.7. The summed E-state index contributed by atoms with van der Waals surface area (Å²) < 4.78 is 14.9. The first-order valence-electron chi connectivity index (χ1n) is 10.7. The molecular formula is C25H32FN3O2. The summed E-state index contributed by atoms with van der Waals surface area (Å²) in [6.45, 7) is 10.6. The number of hydrogen-bond donors (Lipinski definition) is 1. The van der Waals surface area contributed by atoms with Crippen LogP contribution in [-0.2, 0) is 16.0 Å². The lowest BCUT2D eigenvalue weighted by atomic mass is 9.94. The fourth-order valence-corrected chi connectivity index (χ4v) is 3.53. The average Bonchev–Trinajstić information content (AvgIpc) is 2.74. The molecule has 31 heavy (non-hydrogen) atoms. The fourth-order valence-electron chi connectivity index (χ4n) is 3.53. The molecule has 0 aliphatic carbocycles. The molecule has 0 aromatic heterocycles. The van der Waals surface area contributed by atoms with E-state index in [0.717, 1.165) is 24.0 Å². The minimum Gasteiger partial charge on any atom is -0.348 e. The second-order valence-electron chi connectivity index (χ2n) is 7.69. The average molecular weight is 426 g/mol. The van der Waals surface area contributed by atoms with Crippen molar-refractivity contribution in [3.05, 3.63) is 59.0 Å². The summed E-state index contributed by atoms with van der Waals surface area (Å²) in [5.41, 5.74) is 3.91. The number of halogens is 1. The lowest BCUT2D eigenvalue weighted by Crippen LogP contribution is -2.36. The summed E-state index contributed by atoms with van der Waals surface area (Å²) in [7, 11) is 1.61. The van der Waals surface area contributed by atoms with Gasteiger partial charge in [-0.3, -0.25) is 14.6 Å². The summed E-state index contributed by atoms with van der Waals surface area (Å²) in [5, 5.41) is 2.82. The Kier molecular flexibility index (Phi) is 8.91. The number of fused-ring (bicyclic) bond motifs is 1. The molecule has 0 unspecified atom stereocenters. The zero-order chi connectivity index (χ0) is 23.0.